The van der Waals surface area contributed by atoms with Gasteiger partial charge >= 0.3 is 12.0 Å². The number of nitrogens with zero attached hydrogens (tertiary/aromatic N) is 1. The van der Waals surface area contributed by atoms with Crippen molar-refractivity contribution in [1.82, 2.24) is 15.5 Å². The number of hydrogen-bond acceptors (Lipinski definition) is 5. The normalized spacial score (nSPS) is 21.6. The van der Waals surface area contributed by atoms with Gasteiger partial charge in [-0.25, -0.2) is 9.59 Å². The zero-order valence-corrected chi connectivity index (χ0v) is 16.3. The highest BCUT2D eigenvalue weighted by atomic mass is 16.5. The maximum absolute atomic E-state index is 13.1. The molecule has 2 N–H and O–H groups in total. The van der Waals surface area contributed by atoms with Gasteiger partial charge in [-0.05, 0) is 36.3 Å². The molecule has 1 saturated heterocycles. The molecule has 0 saturated carbocycles. The fourth-order valence-corrected chi connectivity index (χ4v) is 3.94. The number of esters is 1. The molecule has 1 spiro atoms. The highest BCUT2D eigenvalue weighted by molar-refractivity contribution is 6.10. The van der Waals surface area contributed by atoms with Gasteiger partial charge in [0.2, 0.25) is 5.91 Å². The second kappa shape index (κ2) is 7.61. The van der Waals surface area contributed by atoms with Crippen molar-refractivity contribution in [3.05, 3.63) is 35.4 Å². The molecule has 4 amide bonds. The van der Waals surface area contributed by atoms with Crippen LogP contribution in [0.1, 0.15) is 37.8 Å². The van der Waals surface area contributed by atoms with E-state index in [1.165, 1.54) is 7.11 Å². The standard InChI is InChI=1S/C20H25N3O5/c1-12(2)10-15(17(25)28-3)21-16(24)11-23-18(26)20(22-19(23)27)9-8-13-6-4-5-7-14(13)20/h4-7,12,15H,8-11H2,1-3H3,(H,21,24)(H,22,27)/t15-,20+/m1/s1. The Hall–Kier alpha value is -2.90. The Morgan fingerprint density at radius 1 is 1.29 bits per heavy atom. The molecule has 1 fully saturated rings. The molecular weight excluding hydrogens is 362 g/mol. The lowest BCUT2D eigenvalue weighted by Gasteiger charge is -2.23. The van der Waals surface area contributed by atoms with Crippen LogP contribution in [-0.2, 0) is 31.1 Å². The minimum atomic E-state index is -1.10. The molecule has 3 rings (SSSR count). The van der Waals surface area contributed by atoms with Crippen LogP contribution in [0.2, 0.25) is 0 Å². The molecule has 1 aliphatic heterocycles. The second-order valence-electron chi connectivity index (χ2n) is 7.66. The first kappa shape index (κ1) is 19.9. The van der Waals surface area contributed by atoms with Crippen LogP contribution in [0.4, 0.5) is 4.79 Å². The van der Waals surface area contributed by atoms with Crippen molar-refractivity contribution in [1.29, 1.82) is 0 Å². The van der Waals surface area contributed by atoms with E-state index in [0.717, 1.165) is 16.0 Å². The summed E-state index contributed by atoms with van der Waals surface area (Å²) in [7, 11) is 1.25. The van der Waals surface area contributed by atoms with Crippen LogP contribution >= 0.6 is 0 Å². The molecule has 0 aromatic heterocycles. The predicted octanol–water partition coefficient (Wildman–Crippen LogP) is 1.08. The highest BCUT2D eigenvalue weighted by Gasteiger charge is 2.55. The van der Waals surface area contributed by atoms with Crippen LogP contribution in [-0.4, -0.2) is 48.4 Å². The van der Waals surface area contributed by atoms with Crippen LogP contribution in [0.25, 0.3) is 0 Å². The summed E-state index contributed by atoms with van der Waals surface area (Å²) in [5.74, 6) is -1.42. The van der Waals surface area contributed by atoms with Crippen molar-refractivity contribution in [3.8, 4) is 0 Å². The number of ether oxygens (including phenoxy) is 1. The summed E-state index contributed by atoms with van der Waals surface area (Å²) >= 11 is 0. The van der Waals surface area contributed by atoms with E-state index in [2.05, 4.69) is 10.6 Å². The van der Waals surface area contributed by atoms with Crippen molar-refractivity contribution >= 4 is 23.8 Å². The minimum Gasteiger partial charge on any atom is -0.467 e. The molecule has 0 bridgehead atoms. The smallest absolute Gasteiger partial charge is 0.328 e. The van der Waals surface area contributed by atoms with Gasteiger partial charge in [-0.15, -0.1) is 0 Å². The molecule has 2 atom stereocenters. The minimum absolute atomic E-state index is 0.152. The Labute approximate surface area is 163 Å². The van der Waals surface area contributed by atoms with E-state index < -0.39 is 41.9 Å². The Kier molecular flexibility index (Phi) is 5.40. The summed E-state index contributed by atoms with van der Waals surface area (Å²) in [4.78, 5) is 50.8. The molecule has 8 nitrogen and oxygen atoms in total. The van der Waals surface area contributed by atoms with Crippen molar-refractivity contribution in [2.45, 2.75) is 44.7 Å². The van der Waals surface area contributed by atoms with Gasteiger partial charge in [0, 0.05) is 0 Å². The number of rotatable bonds is 6. The van der Waals surface area contributed by atoms with Crippen LogP contribution in [0.5, 0.6) is 0 Å². The summed E-state index contributed by atoms with van der Waals surface area (Å²) < 4.78 is 4.73. The molecule has 0 unspecified atom stereocenters. The van der Waals surface area contributed by atoms with Crippen molar-refractivity contribution in [2.24, 2.45) is 5.92 Å². The third-order valence-corrected chi connectivity index (χ3v) is 5.25. The van der Waals surface area contributed by atoms with Crippen LogP contribution in [0.15, 0.2) is 24.3 Å². The number of methoxy groups -OCH3 is 1. The first-order valence-corrected chi connectivity index (χ1v) is 9.38. The van der Waals surface area contributed by atoms with E-state index >= 15 is 0 Å². The molecule has 1 aliphatic carbocycles. The lowest BCUT2D eigenvalue weighted by atomic mass is 9.92. The van der Waals surface area contributed by atoms with Gasteiger partial charge in [0.15, 0.2) is 0 Å². The first-order chi connectivity index (χ1) is 13.3. The predicted molar refractivity (Wildman–Crippen MR) is 100 cm³/mol. The molecule has 1 aromatic rings. The van der Waals surface area contributed by atoms with Crippen molar-refractivity contribution in [2.75, 3.05) is 13.7 Å². The number of nitrogens with one attached hydrogen (secondary N) is 2. The Balaban J connectivity index is 1.73. The number of hydrogen-bond donors (Lipinski definition) is 2. The third kappa shape index (κ3) is 3.46. The summed E-state index contributed by atoms with van der Waals surface area (Å²) in [5.41, 5.74) is 0.696. The van der Waals surface area contributed by atoms with Crippen molar-refractivity contribution in [3.63, 3.8) is 0 Å². The average molecular weight is 387 g/mol. The van der Waals surface area contributed by atoms with E-state index in [9.17, 15) is 19.2 Å². The van der Waals surface area contributed by atoms with Gasteiger partial charge in [-0.2, -0.15) is 0 Å². The molecule has 0 radical (unpaired) electrons. The summed E-state index contributed by atoms with van der Waals surface area (Å²) in [6.45, 7) is 3.39. The Morgan fingerprint density at radius 2 is 2.00 bits per heavy atom. The van der Waals surface area contributed by atoms with Gasteiger partial charge in [0.25, 0.3) is 5.91 Å². The number of fused-ring (bicyclic) bond motifs is 2. The average Bonchev–Trinajstić information content (AvgIpc) is 3.14. The number of benzene rings is 1. The van der Waals surface area contributed by atoms with Crippen LogP contribution in [0.3, 0.4) is 0 Å². The van der Waals surface area contributed by atoms with Gasteiger partial charge in [0.1, 0.15) is 18.1 Å². The van der Waals surface area contributed by atoms with Gasteiger partial charge in [-0.1, -0.05) is 38.1 Å². The van der Waals surface area contributed by atoms with E-state index in [-0.39, 0.29) is 5.92 Å². The number of carbonyl (C=O) groups is 4. The van der Waals surface area contributed by atoms with Crippen LogP contribution in [0, 0.1) is 5.92 Å². The maximum atomic E-state index is 13.1. The quantitative estimate of drug-likeness (QED) is 0.561. The fraction of sp³-hybridized carbons (Fsp3) is 0.500. The largest absolute Gasteiger partial charge is 0.467 e. The van der Waals surface area contributed by atoms with Gasteiger partial charge < -0.3 is 15.4 Å². The Morgan fingerprint density at radius 3 is 2.68 bits per heavy atom. The molecule has 2 aliphatic rings. The first-order valence-electron chi connectivity index (χ1n) is 9.38. The lowest BCUT2D eigenvalue weighted by molar-refractivity contribution is -0.145. The fourth-order valence-electron chi connectivity index (χ4n) is 3.94. The van der Waals surface area contributed by atoms with E-state index in [0.29, 0.717) is 19.3 Å². The molecular formula is C20H25N3O5. The zero-order valence-electron chi connectivity index (χ0n) is 16.3. The van der Waals surface area contributed by atoms with E-state index in [4.69, 9.17) is 4.74 Å². The summed E-state index contributed by atoms with van der Waals surface area (Å²) in [6.07, 6.45) is 1.55. The van der Waals surface area contributed by atoms with Crippen LogP contribution < -0.4 is 10.6 Å². The summed E-state index contributed by atoms with van der Waals surface area (Å²) in [5, 5.41) is 5.35. The molecule has 8 heteroatoms. The topological polar surface area (TPSA) is 105 Å². The lowest BCUT2D eigenvalue weighted by Crippen LogP contribution is -2.48. The van der Waals surface area contributed by atoms with E-state index in [1.54, 1.807) is 0 Å². The Bertz CT molecular complexity index is 822. The third-order valence-electron chi connectivity index (χ3n) is 5.25. The SMILES string of the molecule is COC(=O)[C@@H](CC(C)C)NC(=O)CN1C(=O)N[C@]2(CCc3ccccc32)C1=O. The van der Waals surface area contributed by atoms with E-state index in [1.807, 2.05) is 38.1 Å². The zero-order chi connectivity index (χ0) is 20.5. The maximum Gasteiger partial charge on any atom is 0.328 e. The number of amides is 4. The molecule has 1 aromatic carbocycles. The van der Waals surface area contributed by atoms with Crippen molar-refractivity contribution < 1.29 is 23.9 Å². The molecule has 150 valence electrons. The monoisotopic (exact) mass is 387 g/mol. The molecule has 1 heterocycles. The molecule has 28 heavy (non-hydrogen) atoms. The number of urea groups is 1. The number of imide groups is 1. The number of carbonyl (C=O) groups excluding carboxylic acids is 4. The highest BCUT2D eigenvalue weighted by Crippen LogP contribution is 2.41. The summed E-state index contributed by atoms with van der Waals surface area (Å²) in [6, 6.07) is 6.07. The van der Waals surface area contributed by atoms with Gasteiger partial charge in [-0.3, -0.25) is 14.5 Å². The second-order valence-corrected chi connectivity index (χ2v) is 7.66. The van der Waals surface area contributed by atoms with Gasteiger partial charge in [0.05, 0.1) is 7.11 Å². The number of aryl methyl sites for hydroxylation is 1.